The first kappa shape index (κ1) is 13.9. The number of aromatic amines is 1. The Kier molecular flexibility index (Phi) is 4.85. The fourth-order valence-corrected chi connectivity index (χ4v) is 1.89. The van der Waals surface area contributed by atoms with Gasteiger partial charge in [-0.2, -0.15) is 0 Å². The number of H-pyrrole nitrogens is 1. The lowest BCUT2D eigenvalue weighted by Crippen LogP contribution is -2.23. The molecule has 1 unspecified atom stereocenters. The topological polar surface area (TPSA) is 37.0 Å². The van der Waals surface area contributed by atoms with E-state index in [9.17, 15) is 0 Å². The van der Waals surface area contributed by atoms with Crippen molar-refractivity contribution < 1.29 is 4.74 Å². The molecule has 0 amide bonds. The van der Waals surface area contributed by atoms with Crippen LogP contribution in [0.15, 0.2) is 24.4 Å². The average molecular weight is 255 g/mol. The first-order chi connectivity index (χ1) is 7.74. The van der Waals surface area contributed by atoms with Crippen molar-refractivity contribution in [2.45, 2.75) is 19.4 Å². The van der Waals surface area contributed by atoms with Crippen LogP contribution in [0.4, 0.5) is 0 Å². The third kappa shape index (κ3) is 2.93. The molecule has 3 nitrogen and oxygen atoms in total. The van der Waals surface area contributed by atoms with E-state index in [-0.39, 0.29) is 12.4 Å². The van der Waals surface area contributed by atoms with Crippen molar-refractivity contribution in [2.75, 3.05) is 14.2 Å². The van der Waals surface area contributed by atoms with Gasteiger partial charge in [0.15, 0.2) is 0 Å². The quantitative estimate of drug-likeness (QED) is 0.880. The zero-order valence-corrected chi connectivity index (χ0v) is 11.2. The standard InChI is InChI=1S/C13H18N2O.ClH/c1-9(14-2)6-10-8-15-13-5-4-11(16-3)7-12(10)13;/h4-5,7-9,14-15H,6H2,1-3H3;1H. The first-order valence-corrected chi connectivity index (χ1v) is 5.56. The second-order valence-corrected chi connectivity index (χ2v) is 4.12. The number of aromatic nitrogens is 1. The largest absolute Gasteiger partial charge is 0.497 e. The second kappa shape index (κ2) is 5.94. The molecule has 0 saturated heterocycles. The summed E-state index contributed by atoms with van der Waals surface area (Å²) in [6, 6.07) is 6.60. The molecule has 2 rings (SSSR count). The van der Waals surface area contributed by atoms with Gasteiger partial charge in [-0.15, -0.1) is 12.4 Å². The van der Waals surface area contributed by atoms with Gasteiger partial charge < -0.3 is 15.0 Å². The van der Waals surface area contributed by atoms with Gasteiger partial charge in [-0.3, -0.25) is 0 Å². The minimum atomic E-state index is 0. The van der Waals surface area contributed by atoms with E-state index < -0.39 is 0 Å². The van der Waals surface area contributed by atoms with E-state index in [2.05, 4.69) is 35.6 Å². The van der Waals surface area contributed by atoms with Gasteiger partial charge in [0.05, 0.1) is 7.11 Å². The van der Waals surface area contributed by atoms with Crippen molar-refractivity contribution in [3.05, 3.63) is 30.0 Å². The fourth-order valence-electron chi connectivity index (χ4n) is 1.89. The molecule has 2 aromatic rings. The number of methoxy groups -OCH3 is 1. The Morgan fingerprint density at radius 2 is 2.18 bits per heavy atom. The Labute approximate surface area is 108 Å². The zero-order chi connectivity index (χ0) is 11.5. The minimum absolute atomic E-state index is 0. The molecule has 0 aliphatic carbocycles. The SMILES string of the molecule is CNC(C)Cc1c[nH]c2ccc(OC)cc12.Cl. The van der Waals surface area contributed by atoms with Gasteiger partial charge in [0.1, 0.15) is 5.75 Å². The molecule has 0 saturated carbocycles. The Balaban J connectivity index is 0.00000144. The molecule has 1 heterocycles. The lowest BCUT2D eigenvalue weighted by atomic mass is 10.1. The highest BCUT2D eigenvalue weighted by Gasteiger charge is 2.07. The van der Waals surface area contributed by atoms with Gasteiger partial charge in [0, 0.05) is 23.1 Å². The van der Waals surface area contributed by atoms with Crippen LogP contribution in [-0.2, 0) is 6.42 Å². The molecule has 17 heavy (non-hydrogen) atoms. The number of hydrogen-bond acceptors (Lipinski definition) is 2. The summed E-state index contributed by atoms with van der Waals surface area (Å²) < 4.78 is 5.25. The number of nitrogens with one attached hydrogen (secondary N) is 2. The monoisotopic (exact) mass is 254 g/mol. The second-order valence-electron chi connectivity index (χ2n) is 4.12. The normalized spacial score (nSPS) is 12.2. The molecular formula is C13H19ClN2O. The van der Waals surface area contributed by atoms with Gasteiger partial charge in [0.2, 0.25) is 0 Å². The summed E-state index contributed by atoms with van der Waals surface area (Å²) in [5.74, 6) is 0.908. The molecule has 1 atom stereocenters. The highest BCUT2D eigenvalue weighted by atomic mass is 35.5. The van der Waals surface area contributed by atoms with Crippen molar-refractivity contribution in [1.82, 2.24) is 10.3 Å². The number of hydrogen-bond donors (Lipinski definition) is 2. The Hall–Kier alpha value is -1.19. The van der Waals surface area contributed by atoms with Crippen LogP contribution in [-0.4, -0.2) is 25.2 Å². The maximum atomic E-state index is 5.25. The van der Waals surface area contributed by atoms with Gasteiger partial charge in [-0.1, -0.05) is 0 Å². The molecule has 1 aromatic heterocycles. The molecular weight excluding hydrogens is 236 g/mol. The smallest absolute Gasteiger partial charge is 0.119 e. The molecule has 0 radical (unpaired) electrons. The van der Waals surface area contributed by atoms with Crippen LogP contribution in [0, 0.1) is 0 Å². The van der Waals surface area contributed by atoms with Crippen LogP contribution in [0.3, 0.4) is 0 Å². The molecule has 94 valence electrons. The van der Waals surface area contributed by atoms with E-state index in [4.69, 9.17) is 4.74 Å². The lowest BCUT2D eigenvalue weighted by molar-refractivity contribution is 0.415. The van der Waals surface area contributed by atoms with E-state index in [0.717, 1.165) is 12.2 Å². The van der Waals surface area contributed by atoms with E-state index in [1.54, 1.807) is 7.11 Å². The number of likely N-dealkylation sites (N-methyl/N-ethyl adjacent to an activating group) is 1. The summed E-state index contributed by atoms with van der Waals surface area (Å²) >= 11 is 0. The maximum absolute atomic E-state index is 5.25. The molecule has 0 bridgehead atoms. The average Bonchev–Trinajstić information content (AvgIpc) is 2.71. The van der Waals surface area contributed by atoms with E-state index >= 15 is 0 Å². The van der Waals surface area contributed by atoms with E-state index in [1.165, 1.54) is 16.5 Å². The zero-order valence-electron chi connectivity index (χ0n) is 10.4. The Bertz CT molecular complexity index is 481. The third-order valence-corrected chi connectivity index (χ3v) is 2.99. The van der Waals surface area contributed by atoms with E-state index in [1.807, 2.05) is 13.1 Å². The number of halogens is 1. The summed E-state index contributed by atoms with van der Waals surface area (Å²) in [6.07, 6.45) is 3.10. The number of benzene rings is 1. The molecule has 2 N–H and O–H groups in total. The predicted octanol–water partition coefficient (Wildman–Crippen LogP) is 2.75. The van der Waals surface area contributed by atoms with Crippen LogP contribution in [0.2, 0.25) is 0 Å². The van der Waals surface area contributed by atoms with Crippen LogP contribution in [0.5, 0.6) is 5.75 Å². The number of ether oxygens (including phenoxy) is 1. The number of fused-ring (bicyclic) bond motifs is 1. The molecule has 4 heteroatoms. The lowest BCUT2D eigenvalue weighted by Gasteiger charge is -2.08. The maximum Gasteiger partial charge on any atom is 0.119 e. The minimum Gasteiger partial charge on any atom is -0.497 e. The molecule has 0 spiro atoms. The van der Waals surface area contributed by atoms with Crippen molar-refractivity contribution in [3.63, 3.8) is 0 Å². The Morgan fingerprint density at radius 3 is 2.82 bits per heavy atom. The van der Waals surface area contributed by atoms with Crippen LogP contribution < -0.4 is 10.1 Å². The van der Waals surface area contributed by atoms with E-state index in [0.29, 0.717) is 6.04 Å². The first-order valence-electron chi connectivity index (χ1n) is 5.56. The summed E-state index contributed by atoms with van der Waals surface area (Å²) in [5, 5.41) is 4.50. The van der Waals surface area contributed by atoms with Crippen molar-refractivity contribution in [1.29, 1.82) is 0 Å². The fraction of sp³-hybridized carbons (Fsp3) is 0.385. The third-order valence-electron chi connectivity index (χ3n) is 2.99. The van der Waals surface area contributed by atoms with Crippen LogP contribution in [0.25, 0.3) is 10.9 Å². The van der Waals surface area contributed by atoms with Crippen LogP contribution >= 0.6 is 12.4 Å². The summed E-state index contributed by atoms with van der Waals surface area (Å²) in [4.78, 5) is 3.29. The summed E-state index contributed by atoms with van der Waals surface area (Å²) in [6.45, 7) is 2.18. The number of rotatable bonds is 4. The molecule has 0 fully saturated rings. The van der Waals surface area contributed by atoms with Gasteiger partial charge in [-0.05, 0) is 44.2 Å². The molecule has 0 aliphatic heterocycles. The molecule has 0 aliphatic rings. The van der Waals surface area contributed by atoms with Gasteiger partial charge >= 0.3 is 0 Å². The predicted molar refractivity (Wildman–Crippen MR) is 74.3 cm³/mol. The highest BCUT2D eigenvalue weighted by Crippen LogP contribution is 2.24. The van der Waals surface area contributed by atoms with Crippen LogP contribution in [0.1, 0.15) is 12.5 Å². The molecule has 1 aromatic carbocycles. The van der Waals surface area contributed by atoms with Crippen molar-refractivity contribution in [2.24, 2.45) is 0 Å². The Morgan fingerprint density at radius 1 is 1.41 bits per heavy atom. The highest BCUT2D eigenvalue weighted by molar-refractivity contribution is 5.85. The summed E-state index contributed by atoms with van der Waals surface area (Å²) in [7, 11) is 3.68. The van der Waals surface area contributed by atoms with Gasteiger partial charge in [-0.25, -0.2) is 0 Å². The summed E-state index contributed by atoms with van der Waals surface area (Å²) in [5.41, 5.74) is 2.50. The van der Waals surface area contributed by atoms with Crippen molar-refractivity contribution in [3.8, 4) is 5.75 Å². The van der Waals surface area contributed by atoms with Crippen molar-refractivity contribution >= 4 is 23.3 Å². The van der Waals surface area contributed by atoms with Gasteiger partial charge in [0.25, 0.3) is 0 Å².